The molecule has 0 aliphatic carbocycles. The second-order valence-electron chi connectivity index (χ2n) is 5.59. The summed E-state index contributed by atoms with van der Waals surface area (Å²) >= 11 is 12.5. The van der Waals surface area contributed by atoms with E-state index in [2.05, 4.69) is 29.2 Å². The quantitative estimate of drug-likeness (QED) is 0.928. The third-order valence-electron chi connectivity index (χ3n) is 4.07. The number of halogens is 2. The van der Waals surface area contributed by atoms with E-state index in [0.29, 0.717) is 10.0 Å². The van der Waals surface area contributed by atoms with E-state index >= 15 is 0 Å². The number of hydrogen-bond acceptors (Lipinski definition) is 2. The number of nitrogens with zero attached hydrogens (tertiary/aromatic N) is 1. The molecule has 0 saturated carbocycles. The minimum Gasteiger partial charge on any atom is -0.326 e. The van der Waals surface area contributed by atoms with E-state index in [1.54, 1.807) is 0 Å². The molecule has 1 fully saturated rings. The van der Waals surface area contributed by atoms with Crippen LogP contribution in [-0.4, -0.2) is 24.0 Å². The van der Waals surface area contributed by atoms with Gasteiger partial charge in [0.1, 0.15) is 0 Å². The van der Waals surface area contributed by atoms with Crippen LogP contribution in [0.1, 0.15) is 17.0 Å². The molecule has 4 heteroatoms. The lowest BCUT2D eigenvalue weighted by Gasteiger charge is -2.17. The van der Waals surface area contributed by atoms with Crippen LogP contribution in [0, 0.1) is 0 Å². The Bertz CT molecular complexity index is 615. The number of benzene rings is 2. The summed E-state index contributed by atoms with van der Waals surface area (Å²) in [5, 5.41) is 1.24. The van der Waals surface area contributed by atoms with E-state index in [-0.39, 0.29) is 12.0 Å². The van der Waals surface area contributed by atoms with Crippen molar-refractivity contribution < 1.29 is 0 Å². The lowest BCUT2D eigenvalue weighted by atomic mass is 9.95. The predicted octanol–water partition coefficient (Wildman–Crippen LogP) is 3.92. The molecule has 2 atom stereocenters. The Kier molecular flexibility index (Phi) is 4.51. The molecular formula is C17H18Cl2N2. The monoisotopic (exact) mass is 320 g/mol. The number of rotatable bonds is 3. The van der Waals surface area contributed by atoms with E-state index in [4.69, 9.17) is 28.9 Å². The Morgan fingerprint density at radius 3 is 2.52 bits per heavy atom. The first-order chi connectivity index (χ1) is 10.1. The maximum absolute atomic E-state index is 6.34. The van der Waals surface area contributed by atoms with Crippen molar-refractivity contribution in [1.29, 1.82) is 0 Å². The third kappa shape index (κ3) is 3.24. The van der Waals surface area contributed by atoms with Gasteiger partial charge in [-0.15, -0.1) is 0 Å². The van der Waals surface area contributed by atoms with E-state index in [1.807, 2.05) is 24.3 Å². The van der Waals surface area contributed by atoms with E-state index in [0.717, 1.165) is 25.2 Å². The van der Waals surface area contributed by atoms with Gasteiger partial charge in [0.15, 0.2) is 0 Å². The van der Waals surface area contributed by atoms with Crippen LogP contribution >= 0.6 is 23.2 Å². The lowest BCUT2D eigenvalue weighted by molar-refractivity contribution is 0.324. The van der Waals surface area contributed by atoms with Gasteiger partial charge in [-0.3, -0.25) is 4.90 Å². The summed E-state index contributed by atoms with van der Waals surface area (Å²) in [4.78, 5) is 2.38. The Labute approximate surface area is 135 Å². The average molecular weight is 321 g/mol. The summed E-state index contributed by atoms with van der Waals surface area (Å²) in [5.74, 6) is 0.236. The fraction of sp³-hybridized carbons (Fsp3) is 0.294. The minimum absolute atomic E-state index is 0.0877. The summed E-state index contributed by atoms with van der Waals surface area (Å²) in [6.45, 7) is 2.71. The van der Waals surface area contributed by atoms with Crippen LogP contribution in [0.4, 0.5) is 0 Å². The molecule has 0 aromatic heterocycles. The Balaban J connectivity index is 1.76. The van der Waals surface area contributed by atoms with Gasteiger partial charge in [-0.1, -0.05) is 65.7 Å². The number of nitrogens with two attached hydrogens (primary N) is 1. The molecule has 2 N–H and O–H groups in total. The molecule has 0 radical (unpaired) electrons. The van der Waals surface area contributed by atoms with E-state index in [1.165, 1.54) is 5.56 Å². The Morgan fingerprint density at radius 1 is 1.00 bits per heavy atom. The molecule has 3 rings (SSSR count). The van der Waals surface area contributed by atoms with Gasteiger partial charge in [-0.25, -0.2) is 0 Å². The highest BCUT2D eigenvalue weighted by Gasteiger charge is 2.32. The zero-order valence-corrected chi connectivity index (χ0v) is 13.2. The normalized spacial score (nSPS) is 22.6. The van der Waals surface area contributed by atoms with Crippen LogP contribution in [-0.2, 0) is 6.54 Å². The standard InChI is InChI=1S/C17H18Cl2N2/c18-15-8-4-7-13(17(15)19)14-10-21(11-16(14)20)9-12-5-2-1-3-6-12/h1-8,14,16H,9-11,20H2/t14-,16+/m0/s1. The van der Waals surface area contributed by atoms with Gasteiger partial charge in [0, 0.05) is 31.6 Å². The van der Waals surface area contributed by atoms with Crippen molar-refractivity contribution in [2.75, 3.05) is 13.1 Å². The minimum atomic E-state index is 0.0877. The van der Waals surface area contributed by atoms with Crippen LogP contribution in [0.2, 0.25) is 10.0 Å². The highest BCUT2D eigenvalue weighted by atomic mass is 35.5. The first-order valence-electron chi connectivity index (χ1n) is 7.11. The van der Waals surface area contributed by atoms with Gasteiger partial charge >= 0.3 is 0 Å². The molecule has 2 aromatic rings. The highest BCUT2D eigenvalue weighted by Crippen LogP contribution is 2.35. The Morgan fingerprint density at radius 2 is 1.76 bits per heavy atom. The van der Waals surface area contributed by atoms with Crippen molar-refractivity contribution in [3.63, 3.8) is 0 Å². The van der Waals surface area contributed by atoms with Crippen LogP contribution in [0.5, 0.6) is 0 Å². The van der Waals surface area contributed by atoms with Gasteiger partial charge in [0.05, 0.1) is 10.0 Å². The van der Waals surface area contributed by atoms with Crippen molar-refractivity contribution in [2.24, 2.45) is 5.73 Å². The fourth-order valence-electron chi connectivity index (χ4n) is 3.02. The smallest absolute Gasteiger partial charge is 0.0628 e. The zero-order chi connectivity index (χ0) is 14.8. The number of likely N-dealkylation sites (tertiary alicyclic amines) is 1. The molecule has 1 aliphatic heterocycles. The summed E-state index contributed by atoms with van der Waals surface area (Å²) in [6, 6.07) is 16.3. The van der Waals surface area contributed by atoms with E-state index in [9.17, 15) is 0 Å². The van der Waals surface area contributed by atoms with Gasteiger partial charge in [0.25, 0.3) is 0 Å². The third-order valence-corrected chi connectivity index (χ3v) is 4.90. The van der Waals surface area contributed by atoms with Crippen LogP contribution in [0.15, 0.2) is 48.5 Å². The molecule has 0 spiro atoms. The molecule has 2 nitrogen and oxygen atoms in total. The van der Waals surface area contributed by atoms with E-state index < -0.39 is 0 Å². The Hall–Kier alpha value is -1.06. The van der Waals surface area contributed by atoms with Crippen LogP contribution < -0.4 is 5.73 Å². The van der Waals surface area contributed by atoms with Gasteiger partial charge in [-0.2, -0.15) is 0 Å². The first-order valence-corrected chi connectivity index (χ1v) is 7.86. The van der Waals surface area contributed by atoms with Crippen molar-refractivity contribution in [2.45, 2.75) is 18.5 Å². The molecule has 1 heterocycles. The largest absolute Gasteiger partial charge is 0.326 e. The molecule has 2 aromatic carbocycles. The lowest BCUT2D eigenvalue weighted by Crippen LogP contribution is -2.28. The zero-order valence-electron chi connectivity index (χ0n) is 11.7. The second kappa shape index (κ2) is 6.37. The fourth-order valence-corrected chi connectivity index (χ4v) is 3.47. The molecule has 1 aliphatic rings. The average Bonchev–Trinajstić information content (AvgIpc) is 2.83. The first kappa shape index (κ1) is 14.9. The van der Waals surface area contributed by atoms with Gasteiger partial charge < -0.3 is 5.73 Å². The van der Waals surface area contributed by atoms with Gasteiger partial charge in [0.2, 0.25) is 0 Å². The maximum atomic E-state index is 6.34. The molecule has 0 bridgehead atoms. The maximum Gasteiger partial charge on any atom is 0.0628 e. The highest BCUT2D eigenvalue weighted by molar-refractivity contribution is 6.42. The molecule has 0 unspecified atom stereocenters. The second-order valence-corrected chi connectivity index (χ2v) is 6.38. The van der Waals surface area contributed by atoms with Crippen molar-refractivity contribution in [3.8, 4) is 0 Å². The van der Waals surface area contributed by atoms with Crippen LogP contribution in [0.25, 0.3) is 0 Å². The SMILES string of the molecule is N[C@@H]1CN(Cc2ccccc2)C[C@H]1c1cccc(Cl)c1Cl. The summed E-state index contributed by atoms with van der Waals surface area (Å²) in [5.41, 5.74) is 8.70. The van der Waals surface area contributed by atoms with Crippen LogP contribution in [0.3, 0.4) is 0 Å². The van der Waals surface area contributed by atoms with Crippen molar-refractivity contribution in [3.05, 3.63) is 69.7 Å². The topological polar surface area (TPSA) is 29.3 Å². The summed E-state index contributed by atoms with van der Waals surface area (Å²) in [6.07, 6.45) is 0. The van der Waals surface area contributed by atoms with Gasteiger partial charge in [-0.05, 0) is 17.2 Å². The molecule has 110 valence electrons. The van der Waals surface area contributed by atoms with Crippen molar-refractivity contribution >= 4 is 23.2 Å². The summed E-state index contributed by atoms with van der Waals surface area (Å²) < 4.78 is 0. The summed E-state index contributed by atoms with van der Waals surface area (Å²) in [7, 11) is 0. The molecule has 21 heavy (non-hydrogen) atoms. The molecular weight excluding hydrogens is 303 g/mol. The predicted molar refractivity (Wildman–Crippen MR) is 88.9 cm³/mol. The number of hydrogen-bond donors (Lipinski definition) is 1. The molecule has 1 saturated heterocycles. The molecule has 0 amide bonds. The van der Waals surface area contributed by atoms with Crippen molar-refractivity contribution in [1.82, 2.24) is 4.90 Å².